The van der Waals surface area contributed by atoms with Gasteiger partial charge in [0, 0.05) is 6.04 Å². The number of carbonyl (C=O) groups is 2. The normalized spacial score (nSPS) is 28.8. The minimum absolute atomic E-state index is 0.0502. The highest BCUT2D eigenvalue weighted by Crippen LogP contribution is 2.38. The molecule has 3 unspecified atom stereocenters. The molecule has 1 N–H and O–H groups in total. The number of hydrogen-bond donors (Lipinski definition) is 1. The zero-order valence-electron chi connectivity index (χ0n) is 11.8. The van der Waals surface area contributed by atoms with E-state index in [-0.39, 0.29) is 11.9 Å². The lowest BCUT2D eigenvalue weighted by Crippen LogP contribution is -2.57. The first-order chi connectivity index (χ1) is 10.2. The standard InChI is InChI=1S/C15H19N3O3/c19-14(11-7-8-16-17-9-11)18-12-4-2-1-3-10(12)5-6-13(18)15(20)21/h7-10,12-13H,1-6H2,(H,20,21). The molecule has 3 rings (SSSR count). The highest BCUT2D eigenvalue weighted by Gasteiger charge is 2.44. The van der Waals surface area contributed by atoms with Crippen molar-refractivity contribution in [2.75, 3.05) is 0 Å². The molecule has 2 heterocycles. The second-order valence-corrected chi connectivity index (χ2v) is 5.89. The van der Waals surface area contributed by atoms with Gasteiger partial charge in [0.2, 0.25) is 0 Å². The van der Waals surface area contributed by atoms with Gasteiger partial charge in [-0.15, -0.1) is 0 Å². The SMILES string of the molecule is O=C(O)C1CCC2CCCCC2N1C(=O)c1ccnnc1. The molecule has 2 aliphatic rings. The van der Waals surface area contributed by atoms with E-state index in [2.05, 4.69) is 10.2 Å². The number of likely N-dealkylation sites (tertiary alicyclic amines) is 1. The van der Waals surface area contributed by atoms with E-state index in [4.69, 9.17) is 0 Å². The maximum absolute atomic E-state index is 12.8. The van der Waals surface area contributed by atoms with E-state index in [0.717, 1.165) is 25.7 Å². The van der Waals surface area contributed by atoms with E-state index in [9.17, 15) is 14.7 Å². The molecule has 1 aromatic heterocycles. The Balaban J connectivity index is 1.92. The monoisotopic (exact) mass is 289 g/mol. The van der Waals surface area contributed by atoms with Crippen molar-refractivity contribution in [1.29, 1.82) is 0 Å². The molecule has 1 saturated carbocycles. The first-order valence-electron chi connectivity index (χ1n) is 7.50. The van der Waals surface area contributed by atoms with Gasteiger partial charge >= 0.3 is 5.97 Å². The molecule has 6 heteroatoms. The van der Waals surface area contributed by atoms with Crippen molar-refractivity contribution in [3.8, 4) is 0 Å². The highest BCUT2D eigenvalue weighted by molar-refractivity contribution is 5.96. The van der Waals surface area contributed by atoms with E-state index in [0.29, 0.717) is 17.9 Å². The van der Waals surface area contributed by atoms with Crippen LogP contribution in [-0.2, 0) is 4.79 Å². The van der Waals surface area contributed by atoms with Gasteiger partial charge in [-0.25, -0.2) is 4.79 Å². The summed E-state index contributed by atoms with van der Waals surface area (Å²) in [6.07, 6.45) is 8.55. The molecule has 1 aliphatic carbocycles. The number of amides is 1. The van der Waals surface area contributed by atoms with Crippen LogP contribution in [0.3, 0.4) is 0 Å². The Morgan fingerprint density at radius 1 is 1.14 bits per heavy atom. The number of rotatable bonds is 2. The molecule has 3 atom stereocenters. The predicted octanol–water partition coefficient (Wildman–Crippen LogP) is 1.72. The Kier molecular flexibility index (Phi) is 3.86. The number of aliphatic carboxylic acids is 1. The fourth-order valence-corrected chi connectivity index (χ4v) is 3.73. The summed E-state index contributed by atoms with van der Waals surface area (Å²) in [6, 6.07) is 0.931. The van der Waals surface area contributed by atoms with Crippen LogP contribution in [0.15, 0.2) is 18.5 Å². The summed E-state index contributed by atoms with van der Waals surface area (Å²) < 4.78 is 0. The van der Waals surface area contributed by atoms with Crippen LogP contribution in [0.4, 0.5) is 0 Å². The molecule has 0 aromatic carbocycles. The maximum atomic E-state index is 12.8. The quantitative estimate of drug-likeness (QED) is 0.896. The van der Waals surface area contributed by atoms with E-state index >= 15 is 0 Å². The Hall–Kier alpha value is -1.98. The number of hydrogen-bond acceptors (Lipinski definition) is 4. The van der Waals surface area contributed by atoms with Crippen molar-refractivity contribution >= 4 is 11.9 Å². The largest absolute Gasteiger partial charge is 0.480 e. The summed E-state index contributed by atoms with van der Waals surface area (Å²) in [7, 11) is 0. The van der Waals surface area contributed by atoms with Crippen molar-refractivity contribution in [3.63, 3.8) is 0 Å². The predicted molar refractivity (Wildman–Crippen MR) is 74.6 cm³/mol. The molecule has 1 aliphatic heterocycles. The van der Waals surface area contributed by atoms with Crippen molar-refractivity contribution in [2.45, 2.75) is 50.6 Å². The van der Waals surface area contributed by atoms with Crippen molar-refractivity contribution in [1.82, 2.24) is 15.1 Å². The van der Waals surface area contributed by atoms with Crippen LogP contribution in [0.1, 0.15) is 48.9 Å². The first kappa shape index (κ1) is 14.0. The summed E-state index contributed by atoms with van der Waals surface area (Å²) in [5, 5.41) is 16.9. The minimum Gasteiger partial charge on any atom is -0.480 e. The third-order valence-corrected chi connectivity index (χ3v) is 4.72. The number of carbonyl (C=O) groups excluding carboxylic acids is 1. The van der Waals surface area contributed by atoms with Crippen LogP contribution in [0, 0.1) is 5.92 Å². The van der Waals surface area contributed by atoms with Gasteiger partial charge in [-0.05, 0) is 37.7 Å². The summed E-state index contributed by atoms with van der Waals surface area (Å²) in [4.78, 5) is 25.9. The number of aromatic nitrogens is 2. The fourth-order valence-electron chi connectivity index (χ4n) is 3.73. The average molecular weight is 289 g/mol. The zero-order valence-corrected chi connectivity index (χ0v) is 11.8. The summed E-state index contributed by atoms with van der Waals surface area (Å²) in [5.74, 6) is -0.698. The smallest absolute Gasteiger partial charge is 0.326 e. The third kappa shape index (κ3) is 2.62. The zero-order chi connectivity index (χ0) is 14.8. The minimum atomic E-state index is -0.908. The number of piperidine rings is 1. The van der Waals surface area contributed by atoms with Gasteiger partial charge in [0.05, 0.1) is 18.0 Å². The highest BCUT2D eigenvalue weighted by atomic mass is 16.4. The molecule has 6 nitrogen and oxygen atoms in total. The summed E-state index contributed by atoms with van der Waals surface area (Å²) in [5.41, 5.74) is 0.419. The van der Waals surface area contributed by atoms with Crippen molar-refractivity contribution in [2.24, 2.45) is 5.92 Å². The number of carboxylic acids is 1. The van der Waals surface area contributed by atoms with Crippen LogP contribution >= 0.6 is 0 Å². The molecule has 1 amide bonds. The molecular weight excluding hydrogens is 270 g/mol. The van der Waals surface area contributed by atoms with E-state index < -0.39 is 12.0 Å². The van der Waals surface area contributed by atoms with Crippen LogP contribution in [0.5, 0.6) is 0 Å². The van der Waals surface area contributed by atoms with Crippen LogP contribution in [0.2, 0.25) is 0 Å². The number of nitrogens with zero attached hydrogens (tertiary/aromatic N) is 3. The van der Waals surface area contributed by atoms with E-state index in [1.165, 1.54) is 18.8 Å². The first-order valence-corrected chi connectivity index (χ1v) is 7.50. The molecule has 1 saturated heterocycles. The van der Waals surface area contributed by atoms with E-state index in [1.54, 1.807) is 11.0 Å². The number of fused-ring (bicyclic) bond motifs is 1. The molecule has 21 heavy (non-hydrogen) atoms. The Bertz CT molecular complexity index is 534. The van der Waals surface area contributed by atoms with Gasteiger partial charge < -0.3 is 10.0 Å². The second-order valence-electron chi connectivity index (χ2n) is 5.89. The molecular formula is C15H19N3O3. The lowest BCUT2D eigenvalue weighted by atomic mass is 9.76. The van der Waals surface area contributed by atoms with Gasteiger partial charge in [-0.2, -0.15) is 10.2 Å². The van der Waals surface area contributed by atoms with Gasteiger partial charge in [-0.1, -0.05) is 12.8 Å². The van der Waals surface area contributed by atoms with Gasteiger partial charge in [0.15, 0.2) is 0 Å². The molecule has 0 radical (unpaired) electrons. The summed E-state index contributed by atoms with van der Waals surface area (Å²) >= 11 is 0. The van der Waals surface area contributed by atoms with Crippen LogP contribution < -0.4 is 0 Å². The lowest BCUT2D eigenvalue weighted by Gasteiger charge is -2.47. The van der Waals surface area contributed by atoms with Gasteiger partial charge in [0.1, 0.15) is 6.04 Å². The molecule has 2 fully saturated rings. The molecule has 0 spiro atoms. The van der Waals surface area contributed by atoms with Crippen molar-refractivity contribution in [3.05, 3.63) is 24.0 Å². The molecule has 0 bridgehead atoms. The van der Waals surface area contributed by atoms with Crippen molar-refractivity contribution < 1.29 is 14.7 Å². The van der Waals surface area contributed by atoms with Crippen LogP contribution in [-0.4, -0.2) is 44.2 Å². The Morgan fingerprint density at radius 3 is 2.67 bits per heavy atom. The Labute approximate surface area is 123 Å². The topological polar surface area (TPSA) is 83.4 Å². The Morgan fingerprint density at radius 2 is 1.95 bits per heavy atom. The lowest BCUT2D eigenvalue weighted by molar-refractivity contribution is -0.146. The molecule has 1 aromatic rings. The van der Waals surface area contributed by atoms with Gasteiger partial charge in [-0.3, -0.25) is 4.79 Å². The second kappa shape index (κ2) is 5.79. The number of carboxylic acid groups (broad SMARTS) is 1. The van der Waals surface area contributed by atoms with E-state index in [1.807, 2.05) is 0 Å². The molecule has 112 valence electrons. The summed E-state index contributed by atoms with van der Waals surface area (Å²) in [6.45, 7) is 0. The average Bonchev–Trinajstić information content (AvgIpc) is 2.53. The van der Waals surface area contributed by atoms with Crippen LogP contribution in [0.25, 0.3) is 0 Å². The third-order valence-electron chi connectivity index (χ3n) is 4.72. The maximum Gasteiger partial charge on any atom is 0.326 e. The van der Waals surface area contributed by atoms with Gasteiger partial charge in [0.25, 0.3) is 5.91 Å². The fraction of sp³-hybridized carbons (Fsp3) is 0.600.